The first-order valence-electron chi connectivity index (χ1n) is 8.45. The van der Waals surface area contributed by atoms with Crippen molar-refractivity contribution in [2.45, 2.75) is 71.2 Å². The average Bonchev–Trinajstić information content (AvgIpc) is 2.52. The first kappa shape index (κ1) is 20.8. The molecule has 0 fully saturated rings. The Labute approximate surface area is 131 Å². The summed E-state index contributed by atoms with van der Waals surface area (Å²) >= 11 is 0. The average molecular weight is 303 g/mol. The highest BCUT2D eigenvalue weighted by molar-refractivity contribution is 4.74. The van der Waals surface area contributed by atoms with E-state index in [2.05, 4.69) is 13.8 Å². The van der Waals surface area contributed by atoms with Crippen molar-refractivity contribution in [1.82, 2.24) is 0 Å². The highest BCUT2D eigenvalue weighted by Gasteiger charge is 2.40. The van der Waals surface area contributed by atoms with Gasteiger partial charge in [-0.25, -0.2) is 0 Å². The molecule has 0 aromatic carbocycles. The Morgan fingerprint density at radius 2 is 1.43 bits per heavy atom. The summed E-state index contributed by atoms with van der Waals surface area (Å²) in [5.41, 5.74) is 5.78. The lowest BCUT2D eigenvalue weighted by Gasteiger charge is -2.37. The predicted molar refractivity (Wildman–Crippen MR) is 88.1 cm³/mol. The van der Waals surface area contributed by atoms with Gasteiger partial charge in [0, 0.05) is 27.2 Å². The molecule has 2 N–H and O–H groups in total. The minimum absolute atomic E-state index is 0.210. The number of nitrogens with two attached hydrogens (primary N) is 1. The van der Waals surface area contributed by atoms with Crippen LogP contribution in [0.3, 0.4) is 0 Å². The molecular formula is C17H37NO3. The first-order valence-corrected chi connectivity index (χ1v) is 8.45. The van der Waals surface area contributed by atoms with Crippen molar-refractivity contribution in [3.63, 3.8) is 0 Å². The Morgan fingerprint density at radius 1 is 0.905 bits per heavy atom. The van der Waals surface area contributed by atoms with Gasteiger partial charge >= 0.3 is 0 Å². The predicted octanol–water partition coefficient (Wildman–Crippen LogP) is 3.93. The molecular weight excluding hydrogens is 266 g/mol. The number of rotatable bonds is 14. The lowest BCUT2D eigenvalue weighted by molar-refractivity contribution is -0.381. The Hall–Kier alpha value is -0.160. The fraction of sp³-hybridized carbons (Fsp3) is 1.00. The molecule has 0 heterocycles. The van der Waals surface area contributed by atoms with Gasteiger partial charge in [0.1, 0.15) is 0 Å². The zero-order valence-corrected chi connectivity index (χ0v) is 14.8. The second-order valence-electron chi connectivity index (χ2n) is 6.05. The van der Waals surface area contributed by atoms with E-state index in [1.54, 1.807) is 21.3 Å². The van der Waals surface area contributed by atoms with Gasteiger partial charge < -0.3 is 19.9 Å². The van der Waals surface area contributed by atoms with E-state index in [9.17, 15) is 0 Å². The van der Waals surface area contributed by atoms with Crippen LogP contribution in [-0.4, -0.2) is 33.8 Å². The molecule has 0 aliphatic carbocycles. The summed E-state index contributed by atoms with van der Waals surface area (Å²) in [7, 11) is 4.94. The monoisotopic (exact) mass is 303 g/mol. The number of hydrogen-bond acceptors (Lipinski definition) is 4. The molecule has 0 saturated carbocycles. The topological polar surface area (TPSA) is 53.7 Å². The molecule has 4 heteroatoms. The van der Waals surface area contributed by atoms with E-state index in [1.165, 1.54) is 38.5 Å². The third-order valence-electron chi connectivity index (χ3n) is 4.35. The lowest BCUT2D eigenvalue weighted by atomic mass is 9.88. The summed E-state index contributed by atoms with van der Waals surface area (Å²) in [6.45, 7) is 5.09. The van der Waals surface area contributed by atoms with Crippen LogP contribution in [0.15, 0.2) is 0 Å². The minimum Gasteiger partial charge on any atom is -0.331 e. The van der Waals surface area contributed by atoms with E-state index in [-0.39, 0.29) is 5.92 Å². The van der Waals surface area contributed by atoms with Gasteiger partial charge in [0.15, 0.2) is 0 Å². The second-order valence-corrected chi connectivity index (χ2v) is 6.05. The summed E-state index contributed by atoms with van der Waals surface area (Å²) < 4.78 is 16.7. The van der Waals surface area contributed by atoms with Crippen LogP contribution in [-0.2, 0) is 14.2 Å². The molecule has 0 aliphatic heterocycles. The molecule has 2 unspecified atom stereocenters. The molecule has 0 rings (SSSR count). The fourth-order valence-corrected chi connectivity index (χ4v) is 2.94. The molecule has 0 amide bonds. The highest BCUT2D eigenvalue weighted by atomic mass is 16.9. The molecule has 4 nitrogen and oxygen atoms in total. The standard InChI is InChI=1S/C17H37NO3/c1-6-7-8-9-10-11-12-16(13-15(2)14-18)17(19-3,20-4)21-5/h15-16H,6-14,18H2,1-5H3. The third-order valence-corrected chi connectivity index (χ3v) is 4.35. The molecule has 0 aliphatic rings. The van der Waals surface area contributed by atoms with Gasteiger partial charge in [-0.2, -0.15) is 0 Å². The molecule has 128 valence electrons. The lowest BCUT2D eigenvalue weighted by Crippen LogP contribution is -2.45. The third kappa shape index (κ3) is 7.59. The van der Waals surface area contributed by atoms with E-state index >= 15 is 0 Å². The maximum absolute atomic E-state index is 5.78. The zero-order valence-electron chi connectivity index (χ0n) is 14.8. The Morgan fingerprint density at radius 3 is 1.90 bits per heavy atom. The van der Waals surface area contributed by atoms with Crippen LogP contribution < -0.4 is 5.73 Å². The van der Waals surface area contributed by atoms with E-state index in [1.807, 2.05) is 0 Å². The van der Waals surface area contributed by atoms with Crippen LogP contribution in [0.1, 0.15) is 65.2 Å². The summed E-state index contributed by atoms with van der Waals surface area (Å²) in [5.74, 6) is -0.288. The number of hydrogen-bond donors (Lipinski definition) is 1. The van der Waals surface area contributed by atoms with Crippen molar-refractivity contribution in [3.05, 3.63) is 0 Å². The van der Waals surface area contributed by atoms with Crippen LogP contribution in [0.25, 0.3) is 0 Å². The smallest absolute Gasteiger partial charge is 0.285 e. The molecule has 21 heavy (non-hydrogen) atoms. The van der Waals surface area contributed by atoms with E-state index < -0.39 is 5.97 Å². The maximum Gasteiger partial charge on any atom is 0.285 e. The second kappa shape index (κ2) is 12.4. The minimum atomic E-state index is -0.938. The highest BCUT2D eigenvalue weighted by Crippen LogP contribution is 2.33. The van der Waals surface area contributed by atoms with Crippen LogP contribution in [0.4, 0.5) is 0 Å². The number of ether oxygens (including phenoxy) is 3. The quantitative estimate of drug-likeness (QED) is 0.390. The van der Waals surface area contributed by atoms with Crippen molar-refractivity contribution < 1.29 is 14.2 Å². The van der Waals surface area contributed by atoms with Crippen LogP contribution in [0, 0.1) is 11.8 Å². The molecule has 2 atom stereocenters. The van der Waals surface area contributed by atoms with Crippen molar-refractivity contribution >= 4 is 0 Å². The SMILES string of the molecule is CCCCCCCCC(CC(C)CN)C(OC)(OC)OC. The summed E-state index contributed by atoms with van der Waals surface area (Å²) in [6.07, 6.45) is 9.73. The van der Waals surface area contributed by atoms with Crippen molar-refractivity contribution in [2.24, 2.45) is 17.6 Å². The number of methoxy groups -OCH3 is 3. The molecule has 0 aromatic heterocycles. The molecule has 0 bridgehead atoms. The van der Waals surface area contributed by atoms with Crippen LogP contribution in [0.5, 0.6) is 0 Å². The first-order chi connectivity index (χ1) is 10.1. The summed E-state index contributed by atoms with van der Waals surface area (Å²) in [4.78, 5) is 0. The zero-order chi connectivity index (χ0) is 16.1. The number of unbranched alkanes of at least 4 members (excludes halogenated alkanes) is 5. The maximum atomic E-state index is 5.78. The van der Waals surface area contributed by atoms with Crippen molar-refractivity contribution in [1.29, 1.82) is 0 Å². The van der Waals surface area contributed by atoms with Gasteiger partial charge in [-0.3, -0.25) is 0 Å². The van der Waals surface area contributed by atoms with Gasteiger partial charge in [-0.15, -0.1) is 0 Å². The summed E-state index contributed by atoms with van der Waals surface area (Å²) in [5, 5.41) is 0. The van der Waals surface area contributed by atoms with Crippen molar-refractivity contribution in [3.8, 4) is 0 Å². The van der Waals surface area contributed by atoms with Crippen LogP contribution in [0.2, 0.25) is 0 Å². The van der Waals surface area contributed by atoms with E-state index in [0.29, 0.717) is 12.5 Å². The van der Waals surface area contributed by atoms with E-state index in [0.717, 1.165) is 12.8 Å². The molecule has 0 saturated heterocycles. The van der Waals surface area contributed by atoms with Gasteiger partial charge in [0.2, 0.25) is 0 Å². The Bertz CT molecular complexity index is 224. The molecule has 0 spiro atoms. The molecule has 0 radical (unpaired) electrons. The Balaban J connectivity index is 4.45. The van der Waals surface area contributed by atoms with Crippen molar-refractivity contribution in [2.75, 3.05) is 27.9 Å². The van der Waals surface area contributed by atoms with Crippen LogP contribution >= 0.6 is 0 Å². The Kier molecular flexibility index (Phi) is 12.3. The summed E-state index contributed by atoms with van der Waals surface area (Å²) in [6, 6.07) is 0. The van der Waals surface area contributed by atoms with E-state index in [4.69, 9.17) is 19.9 Å². The van der Waals surface area contributed by atoms with Gasteiger partial charge in [-0.05, 0) is 25.3 Å². The largest absolute Gasteiger partial charge is 0.331 e. The van der Waals surface area contributed by atoms with Gasteiger partial charge in [-0.1, -0.05) is 52.4 Å². The molecule has 0 aromatic rings. The van der Waals surface area contributed by atoms with Gasteiger partial charge in [0.05, 0.1) is 0 Å². The van der Waals surface area contributed by atoms with Gasteiger partial charge in [0.25, 0.3) is 5.97 Å². The fourth-order valence-electron chi connectivity index (χ4n) is 2.94. The normalized spacial score (nSPS) is 15.1.